The maximum Gasteiger partial charge on any atom is 0.146 e. The Hall–Kier alpha value is -1.13. The molecule has 0 bridgehead atoms. The largest absolute Gasteiger partial charge is 0.376 e. The summed E-state index contributed by atoms with van der Waals surface area (Å²) in [5, 5.41) is 0. The minimum Gasteiger partial charge on any atom is -0.376 e. The van der Waals surface area contributed by atoms with Crippen molar-refractivity contribution < 1.29 is 9.13 Å². The van der Waals surface area contributed by atoms with E-state index in [-0.39, 0.29) is 11.9 Å². The van der Waals surface area contributed by atoms with Crippen molar-refractivity contribution in [3.63, 3.8) is 0 Å². The van der Waals surface area contributed by atoms with Gasteiger partial charge in [-0.3, -0.25) is 0 Å². The highest BCUT2D eigenvalue weighted by Gasteiger charge is 2.21. The van der Waals surface area contributed by atoms with Crippen molar-refractivity contribution in [1.29, 1.82) is 0 Å². The van der Waals surface area contributed by atoms with Crippen LogP contribution >= 0.6 is 0 Å². The third kappa shape index (κ3) is 2.82. The average molecular weight is 252 g/mol. The Morgan fingerprint density at radius 2 is 2.33 bits per heavy atom. The molecule has 0 aromatic heterocycles. The van der Waals surface area contributed by atoms with Crippen LogP contribution in [0, 0.1) is 5.82 Å². The normalized spacial score (nSPS) is 19.2. The van der Waals surface area contributed by atoms with Crippen molar-refractivity contribution in [2.24, 2.45) is 5.73 Å². The number of anilines is 1. The highest BCUT2D eigenvalue weighted by molar-refractivity contribution is 5.55. The van der Waals surface area contributed by atoms with Gasteiger partial charge in [-0.1, -0.05) is 12.1 Å². The summed E-state index contributed by atoms with van der Waals surface area (Å²) in [4.78, 5) is 2.04. The van der Waals surface area contributed by atoms with Crippen molar-refractivity contribution in [1.82, 2.24) is 0 Å². The molecule has 1 saturated heterocycles. The molecule has 1 aliphatic heterocycles. The summed E-state index contributed by atoms with van der Waals surface area (Å²) in [6.07, 6.45) is 2.38. The molecule has 1 fully saturated rings. The van der Waals surface area contributed by atoms with E-state index in [0.717, 1.165) is 38.1 Å². The standard InChI is InChI=1S/C14H21FN2O/c1-2-17(10-12-6-4-8-18-12)14-11(9-16)5-3-7-13(14)15/h3,5,7,12H,2,4,6,8-10,16H2,1H3. The summed E-state index contributed by atoms with van der Waals surface area (Å²) < 4.78 is 19.6. The second kappa shape index (κ2) is 6.16. The topological polar surface area (TPSA) is 38.5 Å². The predicted molar refractivity (Wildman–Crippen MR) is 71.2 cm³/mol. The summed E-state index contributed by atoms with van der Waals surface area (Å²) >= 11 is 0. The van der Waals surface area contributed by atoms with E-state index in [9.17, 15) is 4.39 Å². The van der Waals surface area contributed by atoms with Gasteiger partial charge < -0.3 is 15.4 Å². The fraction of sp³-hybridized carbons (Fsp3) is 0.571. The van der Waals surface area contributed by atoms with Crippen LogP contribution in [0.4, 0.5) is 10.1 Å². The van der Waals surface area contributed by atoms with Crippen LogP contribution < -0.4 is 10.6 Å². The average Bonchev–Trinajstić information content (AvgIpc) is 2.89. The molecule has 3 nitrogen and oxygen atoms in total. The Morgan fingerprint density at radius 1 is 1.50 bits per heavy atom. The zero-order chi connectivity index (χ0) is 13.0. The van der Waals surface area contributed by atoms with Crippen LogP contribution in [0.1, 0.15) is 25.3 Å². The fourth-order valence-electron chi connectivity index (χ4n) is 2.49. The number of halogens is 1. The Morgan fingerprint density at radius 3 is 2.94 bits per heavy atom. The monoisotopic (exact) mass is 252 g/mol. The quantitative estimate of drug-likeness (QED) is 0.873. The van der Waals surface area contributed by atoms with Gasteiger partial charge in [0.1, 0.15) is 5.82 Å². The molecule has 18 heavy (non-hydrogen) atoms. The van der Waals surface area contributed by atoms with Gasteiger partial charge in [-0.15, -0.1) is 0 Å². The van der Waals surface area contributed by atoms with Gasteiger partial charge in [0.25, 0.3) is 0 Å². The van der Waals surface area contributed by atoms with E-state index in [1.807, 2.05) is 17.9 Å². The molecule has 100 valence electrons. The van der Waals surface area contributed by atoms with Gasteiger partial charge in [0.15, 0.2) is 0 Å². The number of likely N-dealkylation sites (N-methyl/N-ethyl adjacent to an activating group) is 1. The van der Waals surface area contributed by atoms with Crippen LogP contribution in [0.5, 0.6) is 0 Å². The summed E-state index contributed by atoms with van der Waals surface area (Å²) in [6, 6.07) is 5.09. The van der Waals surface area contributed by atoms with Gasteiger partial charge in [-0.2, -0.15) is 0 Å². The second-order valence-corrected chi connectivity index (χ2v) is 4.63. The highest BCUT2D eigenvalue weighted by Crippen LogP contribution is 2.26. The number of ether oxygens (including phenoxy) is 1. The predicted octanol–water partition coefficient (Wildman–Crippen LogP) is 2.29. The lowest BCUT2D eigenvalue weighted by Gasteiger charge is -2.28. The SMILES string of the molecule is CCN(CC1CCCO1)c1c(F)cccc1CN. The molecular formula is C14H21FN2O. The Labute approximate surface area is 108 Å². The fourth-order valence-corrected chi connectivity index (χ4v) is 2.49. The van der Waals surface area contributed by atoms with E-state index >= 15 is 0 Å². The van der Waals surface area contributed by atoms with Gasteiger partial charge in [-0.05, 0) is 31.4 Å². The van der Waals surface area contributed by atoms with Gasteiger partial charge in [0, 0.05) is 26.2 Å². The number of hydrogen-bond donors (Lipinski definition) is 1. The van der Waals surface area contributed by atoms with E-state index in [0.29, 0.717) is 12.2 Å². The smallest absolute Gasteiger partial charge is 0.146 e. The molecule has 4 heteroatoms. The van der Waals surface area contributed by atoms with Crippen LogP contribution in [0.2, 0.25) is 0 Å². The number of hydrogen-bond acceptors (Lipinski definition) is 3. The van der Waals surface area contributed by atoms with Crippen molar-refractivity contribution in [3.05, 3.63) is 29.6 Å². The third-order valence-corrected chi connectivity index (χ3v) is 3.44. The number of para-hydroxylation sites is 1. The molecule has 0 aliphatic carbocycles. The molecule has 0 saturated carbocycles. The maximum atomic E-state index is 14.0. The summed E-state index contributed by atoms with van der Waals surface area (Å²) in [5.41, 5.74) is 7.19. The number of nitrogens with two attached hydrogens (primary N) is 1. The molecule has 2 rings (SSSR count). The van der Waals surface area contributed by atoms with E-state index in [1.54, 1.807) is 6.07 Å². The zero-order valence-corrected chi connectivity index (χ0v) is 10.9. The maximum absolute atomic E-state index is 14.0. The molecule has 0 radical (unpaired) electrons. The van der Waals surface area contributed by atoms with Crippen molar-refractivity contribution in [2.75, 3.05) is 24.6 Å². The van der Waals surface area contributed by atoms with Gasteiger partial charge in [0.2, 0.25) is 0 Å². The van der Waals surface area contributed by atoms with Crippen LogP contribution in [-0.4, -0.2) is 25.8 Å². The van der Waals surface area contributed by atoms with E-state index in [2.05, 4.69) is 0 Å². The molecule has 1 aromatic rings. The van der Waals surface area contributed by atoms with E-state index in [4.69, 9.17) is 10.5 Å². The molecule has 1 unspecified atom stereocenters. The Bertz CT molecular complexity index is 391. The lowest BCUT2D eigenvalue weighted by Crippen LogP contribution is -2.33. The molecule has 1 atom stereocenters. The summed E-state index contributed by atoms with van der Waals surface area (Å²) in [6.45, 7) is 4.71. The number of rotatable bonds is 5. The van der Waals surface area contributed by atoms with Crippen LogP contribution in [0.3, 0.4) is 0 Å². The first-order chi connectivity index (χ1) is 8.76. The molecule has 1 aliphatic rings. The molecular weight excluding hydrogens is 231 g/mol. The minimum absolute atomic E-state index is 0.196. The molecule has 1 aromatic carbocycles. The Balaban J connectivity index is 2.20. The second-order valence-electron chi connectivity index (χ2n) is 4.63. The van der Waals surface area contributed by atoms with Crippen molar-refractivity contribution in [2.45, 2.75) is 32.4 Å². The number of benzene rings is 1. The van der Waals surface area contributed by atoms with Crippen LogP contribution in [0.25, 0.3) is 0 Å². The first-order valence-corrected chi connectivity index (χ1v) is 6.60. The zero-order valence-electron chi connectivity index (χ0n) is 10.9. The van der Waals surface area contributed by atoms with Crippen LogP contribution in [0.15, 0.2) is 18.2 Å². The Kier molecular flexibility index (Phi) is 4.55. The summed E-state index contributed by atoms with van der Waals surface area (Å²) in [7, 11) is 0. The van der Waals surface area contributed by atoms with E-state index in [1.165, 1.54) is 6.07 Å². The lowest BCUT2D eigenvalue weighted by atomic mass is 10.1. The first-order valence-electron chi connectivity index (χ1n) is 6.60. The van der Waals surface area contributed by atoms with E-state index < -0.39 is 0 Å². The number of nitrogens with zero attached hydrogens (tertiary/aromatic N) is 1. The van der Waals surface area contributed by atoms with Gasteiger partial charge in [-0.25, -0.2) is 4.39 Å². The third-order valence-electron chi connectivity index (χ3n) is 3.44. The molecule has 0 amide bonds. The highest BCUT2D eigenvalue weighted by atomic mass is 19.1. The summed E-state index contributed by atoms with van der Waals surface area (Å²) in [5.74, 6) is -0.196. The molecule has 0 spiro atoms. The first kappa shape index (κ1) is 13.3. The van der Waals surface area contributed by atoms with Crippen molar-refractivity contribution in [3.8, 4) is 0 Å². The lowest BCUT2D eigenvalue weighted by molar-refractivity contribution is 0.115. The molecule has 2 N–H and O–H groups in total. The van der Waals surface area contributed by atoms with Crippen molar-refractivity contribution >= 4 is 5.69 Å². The van der Waals surface area contributed by atoms with Gasteiger partial charge in [0.05, 0.1) is 11.8 Å². The van der Waals surface area contributed by atoms with Gasteiger partial charge >= 0.3 is 0 Å². The molecule has 1 heterocycles. The minimum atomic E-state index is -0.196. The van der Waals surface area contributed by atoms with Crippen LogP contribution in [-0.2, 0) is 11.3 Å².